The summed E-state index contributed by atoms with van der Waals surface area (Å²) >= 11 is 0. The van der Waals surface area contributed by atoms with Gasteiger partial charge in [0.15, 0.2) is 0 Å². The van der Waals surface area contributed by atoms with Gasteiger partial charge in [0, 0.05) is 44.3 Å². The zero-order valence-electron chi connectivity index (χ0n) is 13.9. The largest absolute Gasteiger partial charge is 0.344 e. The van der Waals surface area contributed by atoms with Crippen LogP contribution in [0.5, 0.6) is 0 Å². The van der Waals surface area contributed by atoms with Crippen molar-refractivity contribution in [2.24, 2.45) is 7.05 Å². The van der Waals surface area contributed by atoms with Crippen molar-refractivity contribution in [1.82, 2.24) is 24.3 Å². The maximum atomic E-state index is 12.7. The maximum Gasteiger partial charge on any atom is 0.270 e. The normalized spacial score (nSPS) is 17.9. The lowest BCUT2D eigenvalue weighted by atomic mass is 10.2. The fourth-order valence-electron chi connectivity index (χ4n) is 3.04. The lowest BCUT2D eigenvalue weighted by Gasteiger charge is -2.24. The van der Waals surface area contributed by atoms with E-state index in [1.807, 2.05) is 41.6 Å². The van der Waals surface area contributed by atoms with E-state index in [9.17, 15) is 4.79 Å². The molecule has 2 aromatic rings. The highest BCUT2D eigenvalue weighted by Crippen LogP contribution is 2.19. The zero-order chi connectivity index (χ0) is 16.4. The molecule has 6 heteroatoms. The van der Waals surface area contributed by atoms with Crippen molar-refractivity contribution in [1.29, 1.82) is 0 Å². The first-order chi connectivity index (χ1) is 11.1. The van der Waals surface area contributed by atoms with E-state index in [0.29, 0.717) is 12.6 Å². The van der Waals surface area contributed by atoms with Crippen molar-refractivity contribution in [2.75, 3.05) is 20.1 Å². The van der Waals surface area contributed by atoms with E-state index < -0.39 is 0 Å². The predicted octanol–water partition coefficient (Wildman–Crippen LogP) is 1.47. The van der Waals surface area contributed by atoms with Gasteiger partial charge in [0.05, 0.1) is 6.54 Å². The van der Waals surface area contributed by atoms with E-state index in [1.165, 1.54) is 0 Å². The second-order valence-corrected chi connectivity index (χ2v) is 6.19. The number of aromatic nitrogens is 3. The van der Waals surface area contributed by atoms with Crippen LogP contribution in [0.4, 0.5) is 0 Å². The van der Waals surface area contributed by atoms with Crippen LogP contribution in [0.25, 0.3) is 0 Å². The van der Waals surface area contributed by atoms with Gasteiger partial charge in [-0.05, 0) is 38.6 Å². The van der Waals surface area contributed by atoms with Crippen molar-refractivity contribution < 1.29 is 4.79 Å². The lowest BCUT2D eigenvalue weighted by Crippen LogP contribution is -2.37. The Morgan fingerprint density at radius 3 is 2.74 bits per heavy atom. The van der Waals surface area contributed by atoms with E-state index in [1.54, 1.807) is 12.4 Å². The molecule has 0 saturated carbocycles. The Kier molecular flexibility index (Phi) is 4.43. The molecule has 0 spiro atoms. The summed E-state index contributed by atoms with van der Waals surface area (Å²) in [4.78, 5) is 25.4. The number of hydrogen-bond acceptors (Lipinski definition) is 4. The van der Waals surface area contributed by atoms with Gasteiger partial charge in [-0.25, -0.2) is 9.97 Å². The molecular weight excluding hydrogens is 290 g/mol. The third-order valence-electron chi connectivity index (χ3n) is 4.68. The fourth-order valence-corrected chi connectivity index (χ4v) is 3.04. The fraction of sp³-hybridized carbons (Fsp3) is 0.471. The Bertz CT molecular complexity index is 682. The third-order valence-corrected chi connectivity index (χ3v) is 4.68. The topological polar surface area (TPSA) is 54.3 Å². The molecule has 122 valence electrons. The summed E-state index contributed by atoms with van der Waals surface area (Å²) in [6.45, 7) is 4.27. The number of rotatable bonds is 4. The molecule has 0 aromatic carbocycles. The van der Waals surface area contributed by atoms with Gasteiger partial charge in [-0.2, -0.15) is 0 Å². The molecule has 1 atom stereocenters. The summed E-state index contributed by atoms with van der Waals surface area (Å²) in [7, 11) is 4.01. The number of likely N-dealkylation sites (tertiary alicyclic amines) is 1. The molecule has 1 saturated heterocycles. The quantitative estimate of drug-likeness (QED) is 0.858. The van der Waals surface area contributed by atoms with Crippen LogP contribution in [0.3, 0.4) is 0 Å². The standard InChI is InChI=1S/C17H23N5O/c1-13-5-6-15(21(13)3)17(23)22-10-7-14(11-22)20(2)12-16-18-8-4-9-19-16/h4-6,8-9,14H,7,10-12H2,1-3H3/t14-/m0/s1. The predicted molar refractivity (Wildman–Crippen MR) is 88.0 cm³/mol. The molecule has 3 rings (SSSR count). The molecule has 0 unspecified atom stereocenters. The van der Waals surface area contributed by atoms with Crippen LogP contribution in [0, 0.1) is 6.92 Å². The highest BCUT2D eigenvalue weighted by molar-refractivity contribution is 5.93. The van der Waals surface area contributed by atoms with Crippen molar-refractivity contribution in [2.45, 2.75) is 25.9 Å². The van der Waals surface area contributed by atoms with E-state index in [2.05, 4.69) is 21.9 Å². The average molecular weight is 313 g/mol. The molecule has 3 heterocycles. The molecular formula is C17H23N5O. The van der Waals surface area contributed by atoms with Gasteiger partial charge in [0.2, 0.25) is 0 Å². The third kappa shape index (κ3) is 3.27. The number of amides is 1. The van der Waals surface area contributed by atoms with E-state index >= 15 is 0 Å². The van der Waals surface area contributed by atoms with Gasteiger partial charge in [-0.3, -0.25) is 9.69 Å². The number of nitrogens with zero attached hydrogens (tertiary/aromatic N) is 5. The minimum Gasteiger partial charge on any atom is -0.344 e. The second-order valence-electron chi connectivity index (χ2n) is 6.19. The Labute approximate surface area is 136 Å². The number of aryl methyl sites for hydroxylation is 1. The monoisotopic (exact) mass is 313 g/mol. The molecule has 6 nitrogen and oxygen atoms in total. The van der Waals surface area contributed by atoms with E-state index in [-0.39, 0.29) is 5.91 Å². The first-order valence-electron chi connectivity index (χ1n) is 7.94. The molecule has 23 heavy (non-hydrogen) atoms. The van der Waals surface area contributed by atoms with E-state index in [4.69, 9.17) is 0 Å². The smallest absolute Gasteiger partial charge is 0.270 e. The van der Waals surface area contributed by atoms with Crippen LogP contribution in [-0.2, 0) is 13.6 Å². The summed E-state index contributed by atoms with van der Waals surface area (Å²) < 4.78 is 1.96. The number of carbonyl (C=O) groups excluding carboxylic acids is 1. The first kappa shape index (κ1) is 15.7. The van der Waals surface area contributed by atoms with Gasteiger partial charge in [-0.15, -0.1) is 0 Å². The Hall–Kier alpha value is -2.21. The van der Waals surface area contributed by atoms with Crippen LogP contribution in [0.1, 0.15) is 28.4 Å². The van der Waals surface area contributed by atoms with Gasteiger partial charge in [0.1, 0.15) is 11.5 Å². The Morgan fingerprint density at radius 2 is 2.09 bits per heavy atom. The molecule has 1 aliphatic rings. The van der Waals surface area contributed by atoms with Crippen LogP contribution in [-0.4, -0.2) is 56.4 Å². The first-order valence-corrected chi connectivity index (χ1v) is 7.94. The number of carbonyl (C=O) groups is 1. The van der Waals surface area contributed by atoms with E-state index in [0.717, 1.165) is 36.7 Å². The van der Waals surface area contributed by atoms with Crippen LogP contribution in [0.2, 0.25) is 0 Å². The summed E-state index contributed by atoms with van der Waals surface area (Å²) in [5, 5.41) is 0. The molecule has 0 N–H and O–H groups in total. The van der Waals surface area contributed by atoms with Gasteiger partial charge in [-0.1, -0.05) is 0 Å². The Balaban J connectivity index is 1.62. The summed E-state index contributed by atoms with van der Waals surface area (Å²) in [6, 6.07) is 6.07. The minimum absolute atomic E-state index is 0.118. The van der Waals surface area contributed by atoms with Gasteiger partial charge in [0.25, 0.3) is 5.91 Å². The molecule has 0 radical (unpaired) electrons. The van der Waals surface area contributed by atoms with Crippen LogP contribution in [0.15, 0.2) is 30.6 Å². The summed E-state index contributed by atoms with van der Waals surface area (Å²) in [5.74, 6) is 0.935. The highest BCUT2D eigenvalue weighted by atomic mass is 16.2. The number of likely N-dealkylation sites (N-methyl/N-ethyl adjacent to an activating group) is 1. The van der Waals surface area contributed by atoms with Crippen LogP contribution >= 0.6 is 0 Å². The molecule has 1 fully saturated rings. The molecule has 1 aliphatic heterocycles. The summed E-state index contributed by atoms with van der Waals surface area (Å²) in [6.07, 6.45) is 4.51. The second kappa shape index (κ2) is 6.50. The minimum atomic E-state index is 0.118. The van der Waals surface area contributed by atoms with Crippen molar-refractivity contribution >= 4 is 5.91 Å². The van der Waals surface area contributed by atoms with Crippen LogP contribution < -0.4 is 0 Å². The lowest BCUT2D eigenvalue weighted by molar-refractivity contribution is 0.0769. The number of hydrogen-bond donors (Lipinski definition) is 0. The zero-order valence-corrected chi connectivity index (χ0v) is 13.9. The Morgan fingerprint density at radius 1 is 1.35 bits per heavy atom. The molecule has 1 amide bonds. The van der Waals surface area contributed by atoms with Crippen molar-refractivity contribution in [3.63, 3.8) is 0 Å². The molecule has 2 aromatic heterocycles. The highest BCUT2D eigenvalue weighted by Gasteiger charge is 2.30. The molecule has 0 aliphatic carbocycles. The van der Waals surface area contributed by atoms with Crippen molar-refractivity contribution in [3.8, 4) is 0 Å². The van der Waals surface area contributed by atoms with Crippen molar-refractivity contribution in [3.05, 3.63) is 47.8 Å². The van der Waals surface area contributed by atoms with Gasteiger partial charge < -0.3 is 9.47 Å². The summed E-state index contributed by atoms with van der Waals surface area (Å²) in [5.41, 5.74) is 1.86. The average Bonchev–Trinajstić information content (AvgIpc) is 3.16. The maximum absolute atomic E-state index is 12.7. The molecule has 0 bridgehead atoms. The SMILES string of the molecule is Cc1ccc(C(=O)N2CC[C@H](N(C)Cc3ncccn3)C2)n1C. The van der Waals surface area contributed by atoms with Gasteiger partial charge >= 0.3 is 0 Å².